The first-order valence-corrected chi connectivity index (χ1v) is 11.6. The fourth-order valence-electron chi connectivity index (χ4n) is 1.67. The average Bonchev–Trinajstić information content (AvgIpc) is 2.14. The molecule has 1 aliphatic heterocycles. The van der Waals surface area contributed by atoms with Crippen LogP contribution in [0.15, 0.2) is 0 Å². The molecule has 0 radical (unpaired) electrons. The summed E-state index contributed by atoms with van der Waals surface area (Å²) in [6, 6.07) is 0. The fourth-order valence-corrected chi connectivity index (χ4v) is 9.20. The van der Waals surface area contributed by atoms with Gasteiger partial charge < -0.3 is 24.0 Å². The molecule has 0 bridgehead atoms. The van der Waals surface area contributed by atoms with Crippen molar-refractivity contribution in [3.05, 3.63) is 0 Å². The molecule has 0 N–H and O–H groups in total. The minimum absolute atomic E-state index is 0. The average molecular weight is 522 g/mol. The van der Waals surface area contributed by atoms with Crippen molar-refractivity contribution in [2.24, 2.45) is 0 Å². The summed E-state index contributed by atoms with van der Waals surface area (Å²) < 4.78 is 6.47. The van der Waals surface area contributed by atoms with Crippen LogP contribution in [-0.2, 0) is 0 Å². The van der Waals surface area contributed by atoms with E-state index in [1.54, 1.807) is 39.1 Å². The van der Waals surface area contributed by atoms with E-state index < -0.39 is 19.6 Å². The molecule has 0 saturated carbocycles. The SMILES string of the molecule is ICCCCC[Te+]1CCCCC1.[I-]. The van der Waals surface area contributed by atoms with Gasteiger partial charge in [-0.15, -0.1) is 0 Å². The quantitative estimate of drug-likeness (QED) is 0.221. The molecule has 13 heavy (non-hydrogen) atoms. The Morgan fingerprint density at radius 3 is 2.23 bits per heavy atom. The third kappa shape index (κ3) is 8.10. The molecule has 1 fully saturated rings. The summed E-state index contributed by atoms with van der Waals surface area (Å²) in [5, 5.41) is 0. The van der Waals surface area contributed by atoms with Gasteiger partial charge in [0.1, 0.15) is 0 Å². The number of rotatable bonds is 5. The van der Waals surface area contributed by atoms with E-state index in [2.05, 4.69) is 22.6 Å². The predicted octanol–water partition coefficient (Wildman–Crippen LogP) is 1.27. The Hall–Kier alpha value is 2.25. The molecule has 0 aromatic heterocycles. The summed E-state index contributed by atoms with van der Waals surface area (Å²) in [5.74, 6) is 0. The Balaban J connectivity index is 0.00000144. The van der Waals surface area contributed by atoms with Crippen LogP contribution in [-0.4, -0.2) is 24.0 Å². The van der Waals surface area contributed by atoms with Crippen LogP contribution in [0.25, 0.3) is 0 Å². The second-order valence-corrected chi connectivity index (χ2v) is 11.6. The van der Waals surface area contributed by atoms with Gasteiger partial charge in [-0.2, -0.15) is 0 Å². The van der Waals surface area contributed by atoms with Gasteiger partial charge in [0, 0.05) is 0 Å². The van der Waals surface area contributed by atoms with E-state index in [0.29, 0.717) is 0 Å². The van der Waals surface area contributed by atoms with Crippen molar-refractivity contribution >= 4 is 42.1 Å². The first-order valence-electron chi connectivity index (χ1n) is 5.13. The molecule has 0 aromatic rings. The molecule has 1 heterocycles. The van der Waals surface area contributed by atoms with Gasteiger partial charge in [-0.25, -0.2) is 0 Å². The number of hydrogen-bond acceptors (Lipinski definition) is 0. The molecule has 0 amide bonds. The number of alkyl halides is 1. The summed E-state index contributed by atoms with van der Waals surface area (Å²) in [5.41, 5.74) is 0. The topological polar surface area (TPSA) is 0 Å². The van der Waals surface area contributed by atoms with E-state index in [1.807, 2.05) is 0 Å². The van der Waals surface area contributed by atoms with Gasteiger partial charge in [0.2, 0.25) is 0 Å². The van der Waals surface area contributed by atoms with E-state index in [-0.39, 0.29) is 24.0 Å². The normalized spacial score (nSPS) is 18.2. The van der Waals surface area contributed by atoms with Gasteiger partial charge in [0.05, 0.1) is 0 Å². The zero-order valence-corrected chi connectivity index (χ0v) is 14.9. The Labute approximate surface area is 121 Å². The van der Waals surface area contributed by atoms with Gasteiger partial charge >= 0.3 is 98.5 Å². The smallest absolute Gasteiger partial charge is 1.00 e. The van der Waals surface area contributed by atoms with E-state index in [1.165, 1.54) is 17.3 Å². The van der Waals surface area contributed by atoms with Crippen LogP contribution >= 0.6 is 22.6 Å². The van der Waals surface area contributed by atoms with Crippen molar-refractivity contribution in [3.63, 3.8) is 0 Å². The molecule has 1 rings (SSSR count). The molecule has 0 aromatic carbocycles. The van der Waals surface area contributed by atoms with Gasteiger partial charge in [-0.3, -0.25) is 0 Å². The summed E-state index contributed by atoms with van der Waals surface area (Å²) in [6.45, 7) is 0. The van der Waals surface area contributed by atoms with Crippen LogP contribution in [0.4, 0.5) is 0 Å². The number of hydrogen-bond donors (Lipinski definition) is 0. The predicted molar refractivity (Wildman–Crippen MR) is 66.8 cm³/mol. The second kappa shape index (κ2) is 10.8. The van der Waals surface area contributed by atoms with Crippen LogP contribution in [0.5, 0.6) is 0 Å². The molecule has 0 atom stereocenters. The summed E-state index contributed by atoms with van der Waals surface area (Å²) in [4.78, 5) is 0. The van der Waals surface area contributed by atoms with Crippen molar-refractivity contribution in [3.8, 4) is 0 Å². The van der Waals surface area contributed by atoms with Crippen LogP contribution in [0.2, 0.25) is 13.4 Å². The van der Waals surface area contributed by atoms with Crippen molar-refractivity contribution in [1.29, 1.82) is 0 Å². The largest absolute Gasteiger partial charge is 1.00 e. The molecule has 1 aliphatic rings. The van der Waals surface area contributed by atoms with Crippen LogP contribution in [0.1, 0.15) is 38.5 Å². The van der Waals surface area contributed by atoms with Crippen molar-refractivity contribution in [1.82, 2.24) is 0 Å². The van der Waals surface area contributed by atoms with Gasteiger partial charge in [0.15, 0.2) is 0 Å². The maximum Gasteiger partial charge on any atom is -1.00 e. The van der Waals surface area contributed by atoms with Crippen LogP contribution in [0.3, 0.4) is 0 Å². The molecule has 0 aliphatic carbocycles. The van der Waals surface area contributed by atoms with E-state index >= 15 is 0 Å². The molecule has 80 valence electrons. The van der Waals surface area contributed by atoms with Gasteiger partial charge in [-0.1, -0.05) is 0 Å². The zero-order chi connectivity index (χ0) is 8.65. The first kappa shape index (κ1) is 15.2. The Morgan fingerprint density at radius 1 is 0.923 bits per heavy atom. The molecule has 1 saturated heterocycles. The minimum Gasteiger partial charge on any atom is -1.00 e. The van der Waals surface area contributed by atoms with E-state index in [4.69, 9.17) is 0 Å². The maximum atomic E-state index is 2.50. The second-order valence-electron chi connectivity index (χ2n) is 3.54. The summed E-state index contributed by atoms with van der Waals surface area (Å²) >= 11 is 2.04. The summed E-state index contributed by atoms with van der Waals surface area (Å²) in [7, 11) is 0. The first-order chi connectivity index (χ1) is 5.93. The maximum absolute atomic E-state index is 2.50. The molecule has 3 heteroatoms. The molecular formula is C10H20I2Te. The minimum atomic E-state index is -0.457. The van der Waals surface area contributed by atoms with Gasteiger partial charge in [-0.05, 0) is 0 Å². The zero-order valence-electron chi connectivity index (χ0n) is 8.24. The monoisotopic (exact) mass is 524 g/mol. The standard InChI is InChI=1S/C10H20ITe.HI/c11-7-3-1-4-8-12-9-5-2-6-10-12;/h1-10H2;1H/q+1;/p-1. The fraction of sp³-hybridized carbons (Fsp3) is 1.00. The van der Waals surface area contributed by atoms with Gasteiger partial charge in [0.25, 0.3) is 0 Å². The third-order valence-corrected chi connectivity index (χ3v) is 10.6. The van der Waals surface area contributed by atoms with Crippen molar-refractivity contribution in [2.75, 3.05) is 4.43 Å². The molecule has 0 unspecified atom stereocenters. The van der Waals surface area contributed by atoms with Crippen LogP contribution < -0.4 is 24.0 Å². The molecule has 0 nitrogen and oxygen atoms in total. The van der Waals surface area contributed by atoms with E-state index in [0.717, 1.165) is 0 Å². The third-order valence-electron chi connectivity index (χ3n) is 2.43. The Morgan fingerprint density at radius 2 is 1.62 bits per heavy atom. The Kier molecular flexibility index (Phi) is 12.6. The summed E-state index contributed by atoms with van der Waals surface area (Å²) in [6.07, 6.45) is 9.27. The Bertz CT molecular complexity index is 103. The van der Waals surface area contributed by atoms with Crippen molar-refractivity contribution in [2.45, 2.75) is 51.9 Å². The van der Waals surface area contributed by atoms with Crippen LogP contribution in [0, 0.1) is 0 Å². The number of unbranched alkanes of at least 4 members (excludes halogenated alkanes) is 2. The number of halogens is 2. The van der Waals surface area contributed by atoms with Crippen molar-refractivity contribution < 1.29 is 24.0 Å². The molecule has 0 spiro atoms. The van der Waals surface area contributed by atoms with E-state index in [9.17, 15) is 0 Å². The molecular weight excluding hydrogens is 502 g/mol.